The summed E-state index contributed by atoms with van der Waals surface area (Å²) in [5, 5.41) is 3.38. The summed E-state index contributed by atoms with van der Waals surface area (Å²) in [6.07, 6.45) is 1.28. The molecule has 2 nitrogen and oxygen atoms in total. The van der Waals surface area contributed by atoms with Gasteiger partial charge in [0, 0.05) is 25.7 Å². The molecule has 0 heterocycles. The van der Waals surface area contributed by atoms with Gasteiger partial charge in [-0.25, -0.2) is 4.39 Å². The number of halogens is 1. The van der Waals surface area contributed by atoms with Crippen molar-refractivity contribution < 1.29 is 4.39 Å². The van der Waals surface area contributed by atoms with Crippen LogP contribution in [-0.2, 0) is 6.54 Å². The van der Waals surface area contributed by atoms with E-state index in [1.54, 1.807) is 6.07 Å². The van der Waals surface area contributed by atoms with E-state index in [9.17, 15) is 4.39 Å². The fourth-order valence-corrected chi connectivity index (χ4v) is 2.44. The van der Waals surface area contributed by atoms with Crippen molar-refractivity contribution in [2.45, 2.75) is 46.2 Å². The minimum Gasteiger partial charge on any atom is -0.372 e. The zero-order valence-corrected chi connectivity index (χ0v) is 13.3. The predicted octanol–water partition coefficient (Wildman–Crippen LogP) is 3.81. The molecule has 1 aliphatic carbocycles. The van der Waals surface area contributed by atoms with Crippen LogP contribution in [0.3, 0.4) is 0 Å². The summed E-state index contributed by atoms with van der Waals surface area (Å²) in [7, 11) is 1.98. The average molecular weight is 278 g/mol. The summed E-state index contributed by atoms with van der Waals surface area (Å²) < 4.78 is 14.2. The van der Waals surface area contributed by atoms with E-state index >= 15 is 0 Å². The lowest BCUT2D eigenvalue weighted by Crippen LogP contribution is -2.35. The molecule has 2 rings (SSSR count). The number of nitrogens with one attached hydrogen (secondary N) is 1. The highest BCUT2D eigenvalue weighted by Crippen LogP contribution is 2.38. The number of nitrogens with zero attached hydrogens (tertiary/aromatic N) is 1. The standard InChI is InChI=1S/C17H27FN2/c1-12-8-14(12)11-20(5)16-7-6-13(9-15(16)18)10-19-17(2,3)4/h6-7,9,12,14,19H,8,10-11H2,1-5H3. The maximum absolute atomic E-state index is 14.2. The first kappa shape index (κ1) is 15.3. The molecule has 2 unspecified atom stereocenters. The quantitative estimate of drug-likeness (QED) is 0.881. The molecule has 2 atom stereocenters. The highest BCUT2D eigenvalue weighted by atomic mass is 19.1. The molecule has 20 heavy (non-hydrogen) atoms. The highest BCUT2D eigenvalue weighted by Gasteiger charge is 2.33. The third-order valence-corrected chi connectivity index (χ3v) is 4.03. The predicted molar refractivity (Wildman–Crippen MR) is 83.5 cm³/mol. The van der Waals surface area contributed by atoms with Crippen LogP contribution in [0.25, 0.3) is 0 Å². The summed E-state index contributed by atoms with van der Waals surface area (Å²) >= 11 is 0. The molecule has 1 fully saturated rings. The van der Waals surface area contributed by atoms with Gasteiger partial charge in [-0.2, -0.15) is 0 Å². The Morgan fingerprint density at radius 2 is 2.00 bits per heavy atom. The monoisotopic (exact) mass is 278 g/mol. The number of hydrogen-bond acceptors (Lipinski definition) is 2. The molecule has 1 aromatic carbocycles. The summed E-state index contributed by atoms with van der Waals surface area (Å²) in [5.41, 5.74) is 1.76. The first-order valence-corrected chi connectivity index (χ1v) is 7.51. The molecule has 0 aromatic heterocycles. The lowest BCUT2D eigenvalue weighted by atomic mass is 10.1. The second kappa shape index (κ2) is 5.72. The van der Waals surface area contributed by atoms with Gasteiger partial charge in [0.1, 0.15) is 5.82 Å². The van der Waals surface area contributed by atoms with Crippen LogP contribution in [0.1, 0.15) is 39.7 Å². The Labute approximate surface area is 122 Å². The van der Waals surface area contributed by atoms with E-state index < -0.39 is 0 Å². The molecule has 0 bridgehead atoms. The van der Waals surface area contributed by atoms with Gasteiger partial charge in [-0.3, -0.25) is 0 Å². The number of hydrogen-bond donors (Lipinski definition) is 1. The molecule has 0 aliphatic heterocycles. The van der Waals surface area contributed by atoms with Crippen LogP contribution in [0.4, 0.5) is 10.1 Å². The van der Waals surface area contributed by atoms with Gasteiger partial charge in [0.2, 0.25) is 0 Å². The van der Waals surface area contributed by atoms with Crippen molar-refractivity contribution in [1.82, 2.24) is 5.32 Å². The fraction of sp³-hybridized carbons (Fsp3) is 0.647. The van der Waals surface area contributed by atoms with Gasteiger partial charge in [-0.1, -0.05) is 13.0 Å². The molecule has 0 spiro atoms. The zero-order chi connectivity index (χ0) is 14.9. The van der Waals surface area contributed by atoms with Crippen LogP contribution in [0, 0.1) is 17.7 Å². The van der Waals surface area contributed by atoms with Crippen molar-refractivity contribution in [3.8, 4) is 0 Å². The molecule has 0 amide bonds. The maximum Gasteiger partial charge on any atom is 0.146 e. The third kappa shape index (κ3) is 4.20. The number of benzene rings is 1. The molecule has 1 N–H and O–H groups in total. The molecule has 1 aromatic rings. The van der Waals surface area contributed by atoms with Gasteiger partial charge in [-0.05, 0) is 56.7 Å². The smallest absolute Gasteiger partial charge is 0.146 e. The van der Waals surface area contributed by atoms with Crippen molar-refractivity contribution in [2.24, 2.45) is 11.8 Å². The van der Waals surface area contributed by atoms with Crippen LogP contribution in [-0.4, -0.2) is 19.1 Å². The topological polar surface area (TPSA) is 15.3 Å². The Balaban J connectivity index is 1.98. The van der Waals surface area contributed by atoms with Gasteiger partial charge in [0.25, 0.3) is 0 Å². The van der Waals surface area contributed by atoms with E-state index in [-0.39, 0.29) is 11.4 Å². The lowest BCUT2D eigenvalue weighted by molar-refractivity contribution is 0.423. The average Bonchev–Trinajstić information content (AvgIpc) is 3.01. The van der Waals surface area contributed by atoms with E-state index in [4.69, 9.17) is 0 Å². The molecule has 0 saturated heterocycles. The first-order valence-electron chi connectivity index (χ1n) is 7.51. The number of anilines is 1. The molecule has 1 aliphatic rings. The SMILES string of the molecule is CC1CC1CN(C)c1ccc(CNC(C)(C)C)cc1F. The van der Waals surface area contributed by atoms with E-state index in [0.717, 1.165) is 23.9 Å². The van der Waals surface area contributed by atoms with Gasteiger partial charge < -0.3 is 10.2 Å². The van der Waals surface area contributed by atoms with Crippen LogP contribution < -0.4 is 10.2 Å². The minimum atomic E-state index is -0.117. The van der Waals surface area contributed by atoms with Crippen molar-refractivity contribution in [3.05, 3.63) is 29.6 Å². The van der Waals surface area contributed by atoms with Crippen molar-refractivity contribution in [3.63, 3.8) is 0 Å². The molecule has 1 saturated carbocycles. The Bertz CT molecular complexity index is 465. The normalized spacial score (nSPS) is 21.9. The van der Waals surface area contributed by atoms with Gasteiger partial charge in [-0.15, -0.1) is 0 Å². The summed E-state index contributed by atoms with van der Waals surface area (Å²) in [6.45, 7) is 10.3. The van der Waals surface area contributed by atoms with E-state index in [1.165, 1.54) is 6.42 Å². The molecule has 0 radical (unpaired) electrons. The summed E-state index contributed by atoms with van der Waals surface area (Å²) in [5.74, 6) is 1.42. The Hall–Kier alpha value is -1.09. The van der Waals surface area contributed by atoms with E-state index in [0.29, 0.717) is 12.2 Å². The third-order valence-electron chi connectivity index (χ3n) is 4.03. The Kier molecular flexibility index (Phi) is 4.38. The van der Waals surface area contributed by atoms with Gasteiger partial charge in [0.05, 0.1) is 5.69 Å². The lowest BCUT2D eigenvalue weighted by Gasteiger charge is -2.22. The Morgan fingerprint density at radius 1 is 1.35 bits per heavy atom. The van der Waals surface area contributed by atoms with E-state index in [1.807, 2.05) is 24.1 Å². The second-order valence-corrected chi connectivity index (χ2v) is 7.24. The maximum atomic E-state index is 14.2. The van der Waals surface area contributed by atoms with Crippen LogP contribution in [0.5, 0.6) is 0 Å². The molecular formula is C17H27FN2. The summed E-state index contributed by atoms with van der Waals surface area (Å²) in [6, 6.07) is 5.58. The van der Waals surface area contributed by atoms with Gasteiger partial charge in [0.15, 0.2) is 0 Å². The second-order valence-electron chi connectivity index (χ2n) is 7.24. The first-order chi connectivity index (χ1) is 9.26. The largest absolute Gasteiger partial charge is 0.372 e. The van der Waals surface area contributed by atoms with Crippen molar-refractivity contribution in [2.75, 3.05) is 18.5 Å². The van der Waals surface area contributed by atoms with Crippen LogP contribution in [0.15, 0.2) is 18.2 Å². The fourth-order valence-electron chi connectivity index (χ4n) is 2.44. The van der Waals surface area contributed by atoms with E-state index in [2.05, 4.69) is 33.0 Å². The highest BCUT2D eigenvalue weighted by molar-refractivity contribution is 5.48. The molecular weight excluding hydrogens is 251 g/mol. The van der Waals surface area contributed by atoms with Crippen LogP contribution in [0.2, 0.25) is 0 Å². The van der Waals surface area contributed by atoms with Crippen molar-refractivity contribution >= 4 is 5.69 Å². The summed E-state index contributed by atoms with van der Waals surface area (Å²) in [4.78, 5) is 2.05. The van der Waals surface area contributed by atoms with Gasteiger partial charge >= 0.3 is 0 Å². The zero-order valence-electron chi connectivity index (χ0n) is 13.3. The van der Waals surface area contributed by atoms with Crippen molar-refractivity contribution in [1.29, 1.82) is 0 Å². The molecule has 112 valence electrons. The van der Waals surface area contributed by atoms with Crippen LogP contribution >= 0.6 is 0 Å². The Morgan fingerprint density at radius 3 is 2.50 bits per heavy atom. The molecule has 3 heteroatoms. The minimum absolute atomic E-state index is 0.0497. The number of rotatable bonds is 5.